The quantitative estimate of drug-likeness (QED) is 0.689. The molecule has 0 amide bonds. The fourth-order valence-electron chi connectivity index (χ4n) is 1.89. The van der Waals surface area contributed by atoms with Crippen molar-refractivity contribution < 1.29 is 9.53 Å². The fourth-order valence-corrected chi connectivity index (χ4v) is 2.77. The van der Waals surface area contributed by atoms with Gasteiger partial charge in [-0.1, -0.05) is 12.1 Å². The number of fused-ring (bicyclic) bond motifs is 1. The first-order valence-corrected chi connectivity index (χ1v) is 6.98. The molecule has 4 nitrogen and oxygen atoms in total. The molecule has 0 saturated carbocycles. The van der Waals surface area contributed by atoms with Gasteiger partial charge in [0.25, 0.3) is 0 Å². The Morgan fingerprint density at radius 1 is 1.20 bits per heavy atom. The predicted molar refractivity (Wildman–Crippen MR) is 78.3 cm³/mol. The Balaban J connectivity index is 1.80. The first kappa shape index (κ1) is 12.7. The monoisotopic (exact) mass is 284 g/mol. The summed E-state index contributed by atoms with van der Waals surface area (Å²) in [6.07, 6.45) is 0.709. The van der Waals surface area contributed by atoms with Crippen LogP contribution in [0.4, 0.5) is 0 Å². The van der Waals surface area contributed by atoms with Crippen LogP contribution >= 0.6 is 11.3 Å². The summed E-state index contributed by atoms with van der Waals surface area (Å²) in [7, 11) is 0. The summed E-state index contributed by atoms with van der Waals surface area (Å²) in [5, 5.41) is 0.878. The molecule has 0 aliphatic heterocycles. The Morgan fingerprint density at radius 3 is 2.85 bits per heavy atom. The molecule has 0 N–H and O–H groups in total. The number of para-hydroxylation sites is 1. The van der Waals surface area contributed by atoms with Crippen molar-refractivity contribution in [3.8, 4) is 5.75 Å². The lowest BCUT2D eigenvalue weighted by Crippen LogP contribution is -2.00. The molecule has 2 aromatic heterocycles. The zero-order valence-corrected chi connectivity index (χ0v) is 11.7. The van der Waals surface area contributed by atoms with Crippen molar-refractivity contribution in [2.24, 2.45) is 0 Å². The van der Waals surface area contributed by atoms with E-state index in [2.05, 4.69) is 9.97 Å². The fraction of sp³-hybridized carbons (Fsp3) is 0.133. The highest BCUT2D eigenvalue weighted by atomic mass is 32.1. The van der Waals surface area contributed by atoms with E-state index in [1.165, 1.54) is 0 Å². The van der Waals surface area contributed by atoms with Gasteiger partial charge in [0.2, 0.25) is 0 Å². The molecule has 0 saturated heterocycles. The number of nitrogens with zero attached hydrogens (tertiary/aromatic N) is 2. The minimum absolute atomic E-state index is 0.325. The molecule has 3 aromatic rings. The van der Waals surface area contributed by atoms with Crippen molar-refractivity contribution >= 4 is 27.8 Å². The van der Waals surface area contributed by atoms with Gasteiger partial charge in [0.05, 0.1) is 10.2 Å². The molecule has 0 atom stereocenters. The van der Waals surface area contributed by atoms with Crippen LogP contribution in [0.5, 0.6) is 5.75 Å². The van der Waals surface area contributed by atoms with E-state index in [4.69, 9.17) is 4.74 Å². The molecule has 5 heteroatoms. The maximum atomic E-state index is 11.0. The van der Waals surface area contributed by atoms with Gasteiger partial charge in [-0.3, -0.25) is 4.79 Å². The molecule has 0 spiro atoms. The highest BCUT2D eigenvalue weighted by Gasteiger charge is 2.08. The van der Waals surface area contributed by atoms with Crippen LogP contribution in [0, 0.1) is 6.92 Å². The number of carbonyl (C=O) groups is 1. The minimum atomic E-state index is 0.325. The topological polar surface area (TPSA) is 52.1 Å². The molecular formula is C15H12N2O2S. The largest absolute Gasteiger partial charge is 0.484 e. The SMILES string of the molecule is Cc1ccc(OCc2nc3ccccc3s2)c(C=O)n1. The Kier molecular flexibility index (Phi) is 3.43. The molecule has 20 heavy (non-hydrogen) atoms. The number of aryl methyl sites for hydroxylation is 1. The van der Waals surface area contributed by atoms with Gasteiger partial charge < -0.3 is 4.74 Å². The maximum absolute atomic E-state index is 11.0. The van der Waals surface area contributed by atoms with Crippen molar-refractivity contribution in [1.29, 1.82) is 0 Å². The number of hydrogen-bond acceptors (Lipinski definition) is 5. The summed E-state index contributed by atoms with van der Waals surface area (Å²) < 4.78 is 6.78. The second kappa shape index (κ2) is 5.38. The zero-order chi connectivity index (χ0) is 13.9. The number of pyridine rings is 1. The summed E-state index contributed by atoms with van der Waals surface area (Å²) in [6, 6.07) is 11.5. The standard InChI is InChI=1S/C15H12N2O2S/c1-10-6-7-13(12(8-18)16-10)19-9-15-17-11-4-2-3-5-14(11)20-15/h2-8H,9H2,1H3. The minimum Gasteiger partial charge on any atom is -0.484 e. The Hall–Kier alpha value is -2.27. The summed E-state index contributed by atoms with van der Waals surface area (Å²) in [5.41, 5.74) is 2.08. The van der Waals surface area contributed by atoms with E-state index in [1.54, 1.807) is 17.4 Å². The van der Waals surface area contributed by atoms with Crippen LogP contribution in [-0.4, -0.2) is 16.3 Å². The van der Waals surface area contributed by atoms with E-state index in [-0.39, 0.29) is 0 Å². The van der Waals surface area contributed by atoms with E-state index in [1.807, 2.05) is 37.3 Å². The van der Waals surface area contributed by atoms with Crippen LogP contribution in [0.3, 0.4) is 0 Å². The molecule has 3 rings (SSSR count). The van der Waals surface area contributed by atoms with Gasteiger partial charge >= 0.3 is 0 Å². The van der Waals surface area contributed by atoms with Crippen LogP contribution in [-0.2, 0) is 6.61 Å². The molecule has 0 radical (unpaired) electrons. The number of aldehydes is 1. The lowest BCUT2D eigenvalue weighted by molar-refractivity contribution is 0.111. The summed E-state index contributed by atoms with van der Waals surface area (Å²) in [5.74, 6) is 0.491. The third-order valence-electron chi connectivity index (χ3n) is 2.83. The van der Waals surface area contributed by atoms with Gasteiger partial charge in [0.15, 0.2) is 6.29 Å². The summed E-state index contributed by atoms with van der Waals surface area (Å²) in [6.45, 7) is 2.18. The number of thiazole rings is 1. The number of hydrogen-bond donors (Lipinski definition) is 0. The van der Waals surface area contributed by atoms with Crippen molar-refractivity contribution in [3.05, 3.63) is 52.8 Å². The lowest BCUT2D eigenvalue weighted by atomic mass is 10.3. The van der Waals surface area contributed by atoms with Gasteiger partial charge in [-0.25, -0.2) is 9.97 Å². The Bertz CT molecular complexity index is 734. The van der Waals surface area contributed by atoms with Gasteiger partial charge in [-0.2, -0.15) is 0 Å². The maximum Gasteiger partial charge on any atom is 0.172 e. The van der Waals surface area contributed by atoms with E-state index >= 15 is 0 Å². The lowest BCUT2D eigenvalue weighted by Gasteiger charge is -2.06. The molecule has 100 valence electrons. The van der Waals surface area contributed by atoms with Gasteiger partial charge in [0.1, 0.15) is 23.1 Å². The van der Waals surface area contributed by atoms with Crippen LogP contribution in [0.2, 0.25) is 0 Å². The number of benzene rings is 1. The van der Waals surface area contributed by atoms with E-state index in [0.717, 1.165) is 20.9 Å². The molecule has 2 heterocycles. The summed E-state index contributed by atoms with van der Waals surface area (Å²) >= 11 is 1.59. The van der Waals surface area contributed by atoms with Crippen molar-refractivity contribution in [2.75, 3.05) is 0 Å². The van der Waals surface area contributed by atoms with Crippen molar-refractivity contribution in [2.45, 2.75) is 13.5 Å². The van der Waals surface area contributed by atoms with Crippen LogP contribution < -0.4 is 4.74 Å². The highest BCUT2D eigenvalue weighted by molar-refractivity contribution is 7.18. The van der Waals surface area contributed by atoms with E-state index < -0.39 is 0 Å². The van der Waals surface area contributed by atoms with Crippen molar-refractivity contribution in [3.63, 3.8) is 0 Å². The Morgan fingerprint density at radius 2 is 2.05 bits per heavy atom. The molecule has 0 aliphatic rings. The van der Waals surface area contributed by atoms with Crippen LogP contribution in [0.15, 0.2) is 36.4 Å². The second-order valence-electron chi connectivity index (χ2n) is 4.32. The van der Waals surface area contributed by atoms with Gasteiger partial charge in [0, 0.05) is 5.69 Å². The van der Waals surface area contributed by atoms with Crippen LogP contribution in [0.25, 0.3) is 10.2 Å². The average Bonchev–Trinajstić information content (AvgIpc) is 2.88. The van der Waals surface area contributed by atoms with Gasteiger partial charge in [-0.05, 0) is 31.2 Å². The molecular weight excluding hydrogens is 272 g/mol. The second-order valence-corrected chi connectivity index (χ2v) is 5.43. The van der Waals surface area contributed by atoms with E-state index in [9.17, 15) is 4.79 Å². The highest BCUT2D eigenvalue weighted by Crippen LogP contribution is 2.23. The van der Waals surface area contributed by atoms with Crippen LogP contribution in [0.1, 0.15) is 21.2 Å². The predicted octanol–water partition coefficient (Wildman–Crippen LogP) is 3.39. The first-order valence-electron chi connectivity index (χ1n) is 6.16. The molecule has 0 fully saturated rings. The van der Waals surface area contributed by atoms with Gasteiger partial charge in [-0.15, -0.1) is 11.3 Å². The first-order chi connectivity index (χ1) is 9.76. The number of aromatic nitrogens is 2. The molecule has 1 aromatic carbocycles. The van der Waals surface area contributed by atoms with E-state index in [0.29, 0.717) is 24.3 Å². The number of ether oxygens (including phenoxy) is 1. The van der Waals surface area contributed by atoms with Crippen molar-refractivity contribution in [1.82, 2.24) is 9.97 Å². The average molecular weight is 284 g/mol. The molecule has 0 bridgehead atoms. The zero-order valence-electron chi connectivity index (χ0n) is 10.9. The normalized spacial score (nSPS) is 10.7. The third kappa shape index (κ3) is 2.53. The number of carbonyl (C=O) groups excluding carboxylic acids is 1. The summed E-state index contributed by atoms with van der Waals surface area (Å²) in [4.78, 5) is 19.6. The molecule has 0 aliphatic carbocycles. The Labute approximate surface area is 120 Å². The molecule has 0 unspecified atom stereocenters. The third-order valence-corrected chi connectivity index (χ3v) is 3.84. The number of rotatable bonds is 4. The smallest absolute Gasteiger partial charge is 0.172 e.